The summed E-state index contributed by atoms with van der Waals surface area (Å²) >= 11 is 7.25. The zero-order valence-corrected chi connectivity index (χ0v) is 22.4. The van der Waals surface area contributed by atoms with Gasteiger partial charge < -0.3 is 10.2 Å². The molecule has 0 aliphatic carbocycles. The van der Waals surface area contributed by atoms with E-state index in [1.54, 1.807) is 24.3 Å². The number of nitro benzene ring substituents is 1. The molecule has 5 rings (SSSR count). The van der Waals surface area contributed by atoms with Gasteiger partial charge in [-0.15, -0.1) is 0 Å². The second-order valence-electron chi connectivity index (χ2n) is 8.73. The summed E-state index contributed by atoms with van der Waals surface area (Å²) in [5.41, 5.74) is 4.26. The first-order chi connectivity index (χ1) is 19.0. The van der Waals surface area contributed by atoms with Crippen molar-refractivity contribution >= 4 is 58.8 Å². The Morgan fingerprint density at radius 3 is 2.44 bits per heavy atom. The number of piperidine rings is 1. The maximum Gasteiger partial charge on any atom is 0.283 e. The van der Waals surface area contributed by atoms with Gasteiger partial charge in [0.2, 0.25) is 17.8 Å². The molecule has 39 heavy (non-hydrogen) atoms. The van der Waals surface area contributed by atoms with Gasteiger partial charge in [0.05, 0.1) is 16.0 Å². The van der Waals surface area contributed by atoms with Crippen LogP contribution in [0.3, 0.4) is 0 Å². The highest BCUT2D eigenvalue weighted by Crippen LogP contribution is 2.35. The number of halogens is 1. The first kappa shape index (κ1) is 26.4. The lowest BCUT2D eigenvalue weighted by Gasteiger charge is -2.26. The van der Waals surface area contributed by atoms with E-state index in [1.165, 1.54) is 30.5 Å². The Bertz CT molecular complexity index is 1460. The molecule has 1 aromatic heterocycles. The van der Waals surface area contributed by atoms with E-state index < -0.39 is 4.92 Å². The maximum atomic E-state index is 11.8. The predicted molar refractivity (Wildman–Crippen MR) is 156 cm³/mol. The lowest BCUT2D eigenvalue weighted by molar-refractivity contribution is -0.387. The number of hydrazone groups is 1. The molecule has 3 aromatic carbocycles. The summed E-state index contributed by atoms with van der Waals surface area (Å²) in [4.78, 5) is 28.5. The van der Waals surface area contributed by atoms with Gasteiger partial charge in [-0.05, 0) is 61.7 Å². The lowest BCUT2D eigenvalue weighted by atomic mass is 10.1. The molecule has 0 radical (unpaired) electrons. The van der Waals surface area contributed by atoms with Gasteiger partial charge in [-0.25, -0.2) is 5.43 Å². The third-order valence-electron chi connectivity index (χ3n) is 5.89. The summed E-state index contributed by atoms with van der Waals surface area (Å²) < 4.78 is 0. The third kappa shape index (κ3) is 7.21. The molecule has 198 valence electrons. The van der Waals surface area contributed by atoms with Crippen molar-refractivity contribution in [1.82, 2.24) is 15.0 Å². The standard InChI is InChI=1S/C27H25ClN8O2S/c28-20-10-12-22(13-11-20)39-24-14-9-19(17-23(24)36(37)38)18-29-34-26-31-25(30-21-7-3-1-4-8-21)32-27(33-26)35-15-5-2-6-16-35/h1,3-4,7-14,17-18H,2,5-6,15-16H2,(H2,30,31,32,33,34)/b29-18+. The average molecular weight is 561 g/mol. The van der Waals surface area contributed by atoms with Gasteiger partial charge in [-0.3, -0.25) is 10.1 Å². The minimum atomic E-state index is -0.401. The fourth-order valence-corrected chi connectivity index (χ4v) is 5.02. The minimum Gasteiger partial charge on any atom is -0.341 e. The number of benzene rings is 3. The van der Waals surface area contributed by atoms with Gasteiger partial charge in [0.15, 0.2) is 0 Å². The molecular weight excluding hydrogens is 536 g/mol. The van der Waals surface area contributed by atoms with Crippen LogP contribution in [0.1, 0.15) is 24.8 Å². The van der Waals surface area contributed by atoms with Gasteiger partial charge in [-0.1, -0.05) is 47.6 Å². The molecule has 0 saturated carbocycles. The van der Waals surface area contributed by atoms with Crippen molar-refractivity contribution in [2.45, 2.75) is 29.1 Å². The first-order valence-corrected chi connectivity index (χ1v) is 13.6. The van der Waals surface area contributed by atoms with Gasteiger partial charge >= 0.3 is 0 Å². The predicted octanol–water partition coefficient (Wildman–Crippen LogP) is 6.76. The minimum absolute atomic E-state index is 0.0132. The molecule has 0 unspecified atom stereocenters. The van der Waals surface area contributed by atoms with Crippen molar-refractivity contribution in [2.24, 2.45) is 5.10 Å². The third-order valence-corrected chi connectivity index (χ3v) is 7.22. The smallest absolute Gasteiger partial charge is 0.283 e. The van der Waals surface area contributed by atoms with E-state index in [2.05, 4.69) is 35.7 Å². The van der Waals surface area contributed by atoms with E-state index >= 15 is 0 Å². The molecule has 1 fully saturated rings. The van der Waals surface area contributed by atoms with Crippen LogP contribution < -0.4 is 15.6 Å². The molecule has 12 heteroatoms. The number of para-hydroxylation sites is 1. The molecular formula is C27H25ClN8O2S. The van der Waals surface area contributed by atoms with E-state index in [9.17, 15) is 10.1 Å². The zero-order chi connectivity index (χ0) is 27.0. The Morgan fingerprint density at radius 1 is 0.949 bits per heavy atom. The van der Waals surface area contributed by atoms with Crippen LogP contribution in [0.15, 0.2) is 87.7 Å². The van der Waals surface area contributed by atoms with Crippen molar-refractivity contribution < 1.29 is 4.92 Å². The number of anilines is 4. The van der Waals surface area contributed by atoms with E-state index in [-0.39, 0.29) is 11.6 Å². The molecule has 2 heterocycles. The molecule has 0 spiro atoms. The van der Waals surface area contributed by atoms with Crippen LogP contribution >= 0.6 is 23.4 Å². The fourth-order valence-electron chi connectivity index (χ4n) is 3.99. The van der Waals surface area contributed by atoms with Crippen LogP contribution in [0.2, 0.25) is 5.02 Å². The maximum absolute atomic E-state index is 11.8. The first-order valence-electron chi connectivity index (χ1n) is 12.4. The van der Waals surface area contributed by atoms with Gasteiger partial charge in [-0.2, -0.15) is 20.1 Å². The Kier molecular flexibility index (Phi) is 8.49. The molecule has 1 aliphatic rings. The number of hydrogen-bond donors (Lipinski definition) is 2. The normalized spacial score (nSPS) is 13.4. The summed E-state index contributed by atoms with van der Waals surface area (Å²) in [6.07, 6.45) is 4.85. The number of aromatic nitrogens is 3. The quantitative estimate of drug-likeness (QED) is 0.130. The SMILES string of the molecule is O=[N+]([O-])c1cc(/C=N/Nc2nc(Nc3ccccc3)nc(N3CCCCC3)n2)ccc1Sc1ccc(Cl)cc1. The number of rotatable bonds is 9. The summed E-state index contributed by atoms with van der Waals surface area (Å²) in [6, 6.07) is 21.8. The van der Waals surface area contributed by atoms with Gasteiger partial charge in [0, 0.05) is 40.3 Å². The molecule has 0 bridgehead atoms. The van der Waals surface area contributed by atoms with Crippen molar-refractivity contribution in [2.75, 3.05) is 28.7 Å². The van der Waals surface area contributed by atoms with Gasteiger partial charge in [0.1, 0.15) is 0 Å². The second kappa shape index (κ2) is 12.5. The fraction of sp³-hybridized carbons (Fsp3) is 0.185. The molecule has 1 saturated heterocycles. The molecule has 1 aliphatic heterocycles. The van der Waals surface area contributed by atoms with E-state index in [1.807, 2.05) is 42.5 Å². The molecule has 10 nitrogen and oxygen atoms in total. The second-order valence-corrected chi connectivity index (χ2v) is 10.3. The van der Waals surface area contributed by atoms with Crippen LogP contribution in [-0.4, -0.2) is 39.2 Å². The lowest BCUT2D eigenvalue weighted by Crippen LogP contribution is -2.31. The van der Waals surface area contributed by atoms with Crippen LogP contribution in [0.5, 0.6) is 0 Å². The summed E-state index contributed by atoms with van der Waals surface area (Å²) in [6.45, 7) is 1.75. The Labute approximate surface area is 234 Å². The summed E-state index contributed by atoms with van der Waals surface area (Å²) in [7, 11) is 0. The largest absolute Gasteiger partial charge is 0.341 e. The Hall–Kier alpha value is -4.22. The molecule has 4 aromatic rings. The van der Waals surface area contributed by atoms with E-state index in [0.717, 1.165) is 36.5 Å². The number of nitro groups is 1. The van der Waals surface area contributed by atoms with Crippen LogP contribution in [0.25, 0.3) is 0 Å². The number of nitrogens with zero attached hydrogens (tertiary/aromatic N) is 6. The highest BCUT2D eigenvalue weighted by atomic mass is 35.5. The van der Waals surface area contributed by atoms with E-state index in [0.29, 0.717) is 27.4 Å². The van der Waals surface area contributed by atoms with Crippen molar-refractivity contribution in [3.05, 3.63) is 93.5 Å². The number of nitrogens with one attached hydrogen (secondary N) is 2. The summed E-state index contributed by atoms with van der Waals surface area (Å²) in [5.74, 6) is 1.23. The topological polar surface area (TPSA) is 121 Å². The van der Waals surface area contributed by atoms with Crippen molar-refractivity contribution in [3.8, 4) is 0 Å². The molecule has 0 amide bonds. The Balaban J connectivity index is 1.34. The van der Waals surface area contributed by atoms with Crippen LogP contribution in [0.4, 0.5) is 29.2 Å². The average Bonchev–Trinajstić information content (AvgIpc) is 2.96. The Morgan fingerprint density at radius 2 is 1.69 bits per heavy atom. The highest BCUT2D eigenvalue weighted by Gasteiger charge is 2.17. The van der Waals surface area contributed by atoms with E-state index in [4.69, 9.17) is 11.6 Å². The van der Waals surface area contributed by atoms with Gasteiger partial charge in [0.25, 0.3) is 5.69 Å². The van der Waals surface area contributed by atoms with Crippen molar-refractivity contribution in [3.63, 3.8) is 0 Å². The van der Waals surface area contributed by atoms with Crippen LogP contribution in [0, 0.1) is 10.1 Å². The number of hydrogen-bond acceptors (Lipinski definition) is 10. The molecule has 2 N–H and O–H groups in total. The van der Waals surface area contributed by atoms with Crippen LogP contribution in [-0.2, 0) is 0 Å². The highest BCUT2D eigenvalue weighted by molar-refractivity contribution is 7.99. The zero-order valence-electron chi connectivity index (χ0n) is 20.8. The molecule has 0 atom stereocenters. The monoisotopic (exact) mass is 560 g/mol. The van der Waals surface area contributed by atoms with Crippen molar-refractivity contribution in [1.29, 1.82) is 0 Å². The summed E-state index contributed by atoms with van der Waals surface area (Å²) in [5, 5.41) is 19.8.